The predicted molar refractivity (Wildman–Crippen MR) is 78.2 cm³/mol. The third-order valence-corrected chi connectivity index (χ3v) is 5.99. The summed E-state index contributed by atoms with van der Waals surface area (Å²) in [5.74, 6) is 0. The normalized spacial score (nSPS) is 17.3. The van der Waals surface area contributed by atoms with Crippen LogP contribution >= 0.6 is 11.6 Å². The van der Waals surface area contributed by atoms with Crippen molar-refractivity contribution in [3.05, 3.63) is 29.3 Å². The summed E-state index contributed by atoms with van der Waals surface area (Å²) in [5.41, 5.74) is 1.74. The molecule has 1 unspecified atom stereocenters. The molecule has 1 aromatic rings. The van der Waals surface area contributed by atoms with Crippen LogP contribution in [0.25, 0.3) is 0 Å². The van der Waals surface area contributed by atoms with E-state index in [1.54, 1.807) is 32.9 Å². The average Bonchev–Trinajstić information content (AvgIpc) is 2.73. The highest BCUT2D eigenvalue weighted by Gasteiger charge is 2.30. The zero-order valence-corrected chi connectivity index (χ0v) is 13.1. The lowest BCUT2D eigenvalue weighted by Gasteiger charge is -2.28. The van der Waals surface area contributed by atoms with Crippen molar-refractivity contribution >= 4 is 21.6 Å². The first-order chi connectivity index (χ1) is 8.72. The quantitative estimate of drug-likeness (QED) is 0.869. The number of hydrogen-bond donors (Lipinski definition) is 1. The summed E-state index contributed by atoms with van der Waals surface area (Å²) in [4.78, 5) is 0.332. The molecule has 1 aliphatic rings. The van der Waals surface area contributed by atoms with Gasteiger partial charge < -0.3 is 0 Å². The Morgan fingerprint density at radius 3 is 2.53 bits per heavy atom. The van der Waals surface area contributed by atoms with E-state index in [0.29, 0.717) is 4.90 Å². The van der Waals surface area contributed by atoms with Gasteiger partial charge in [-0.3, -0.25) is 0 Å². The topological polar surface area (TPSA) is 46.2 Å². The second-order valence-corrected chi connectivity index (χ2v) is 8.06. The molecule has 106 valence electrons. The molecule has 0 fully saturated rings. The molecule has 1 atom stereocenters. The number of aryl methyl sites for hydroxylation is 2. The third-order valence-electron chi connectivity index (χ3n) is 3.77. The molecule has 1 aliphatic carbocycles. The van der Waals surface area contributed by atoms with Crippen LogP contribution in [0.1, 0.15) is 38.3 Å². The van der Waals surface area contributed by atoms with Crippen molar-refractivity contribution in [3.8, 4) is 0 Å². The first kappa shape index (κ1) is 14.8. The average molecular weight is 302 g/mol. The molecule has 0 saturated carbocycles. The number of alkyl halides is 1. The van der Waals surface area contributed by atoms with Gasteiger partial charge in [0.05, 0.1) is 4.90 Å². The van der Waals surface area contributed by atoms with Crippen LogP contribution < -0.4 is 4.72 Å². The maximum Gasteiger partial charge on any atom is 0.241 e. The maximum absolute atomic E-state index is 12.4. The highest BCUT2D eigenvalue weighted by atomic mass is 35.5. The van der Waals surface area contributed by atoms with Crippen molar-refractivity contribution in [1.29, 1.82) is 0 Å². The van der Waals surface area contributed by atoms with Crippen molar-refractivity contribution in [1.82, 2.24) is 4.72 Å². The summed E-state index contributed by atoms with van der Waals surface area (Å²) in [6.07, 6.45) is 3.12. The largest absolute Gasteiger partial charge is 0.241 e. The Labute approximate surface area is 120 Å². The molecule has 3 nitrogen and oxygen atoms in total. The number of nitrogens with one attached hydrogen (secondary N) is 1. The summed E-state index contributed by atoms with van der Waals surface area (Å²) in [6.45, 7) is 5.36. The Morgan fingerprint density at radius 1 is 1.26 bits per heavy atom. The first-order valence-corrected chi connectivity index (χ1v) is 8.44. The van der Waals surface area contributed by atoms with Crippen LogP contribution in [0.15, 0.2) is 23.1 Å². The molecular weight excluding hydrogens is 282 g/mol. The van der Waals surface area contributed by atoms with Crippen LogP contribution in [0.2, 0.25) is 0 Å². The Morgan fingerprint density at radius 2 is 1.89 bits per heavy atom. The number of halogens is 1. The van der Waals surface area contributed by atoms with Crippen LogP contribution in [-0.4, -0.2) is 19.3 Å². The monoisotopic (exact) mass is 301 g/mol. The molecule has 0 saturated heterocycles. The van der Waals surface area contributed by atoms with Crippen LogP contribution in [0, 0.1) is 0 Å². The zero-order valence-electron chi connectivity index (χ0n) is 11.5. The number of hydrogen-bond acceptors (Lipinski definition) is 2. The summed E-state index contributed by atoms with van der Waals surface area (Å²) in [6, 6.07) is 5.40. The van der Waals surface area contributed by atoms with E-state index in [-0.39, 0.29) is 5.38 Å². The molecule has 5 heteroatoms. The van der Waals surface area contributed by atoms with E-state index < -0.39 is 15.6 Å². The van der Waals surface area contributed by atoms with Gasteiger partial charge in [0.25, 0.3) is 0 Å². The van der Waals surface area contributed by atoms with Gasteiger partial charge in [-0.2, -0.15) is 0 Å². The van der Waals surface area contributed by atoms with Gasteiger partial charge in [0.2, 0.25) is 10.0 Å². The van der Waals surface area contributed by atoms with Crippen molar-refractivity contribution < 1.29 is 8.42 Å². The van der Waals surface area contributed by atoms with Crippen LogP contribution in [0.5, 0.6) is 0 Å². The molecule has 0 bridgehead atoms. The minimum atomic E-state index is -3.52. The van der Waals surface area contributed by atoms with E-state index in [0.717, 1.165) is 24.8 Å². The Kier molecular flexibility index (Phi) is 3.96. The van der Waals surface area contributed by atoms with Gasteiger partial charge in [-0.1, -0.05) is 6.07 Å². The highest BCUT2D eigenvalue weighted by molar-refractivity contribution is 7.89. The number of sulfonamides is 1. The second-order valence-electron chi connectivity index (χ2n) is 5.73. The van der Waals surface area contributed by atoms with Crippen molar-refractivity contribution in [2.45, 2.75) is 55.8 Å². The van der Waals surface area contributed by atoms with Gasteiger partial charge in [0.1, 0.15) is 0 Å². The van der Waals surface area contributed by atoms with Crippen molar-refractivity contribution in [2.75, 3.05) is 0 Å². The first-order valence-electron chi connectivity index (χ1n) is 6.52. The molecule has 1 aromatic carbocycles. The van der Waals surface area contributed by atoms with E-state index in [1.165, 1.54) is 5.56 Å². The summed E-state index contributed by atoms with van der Waals surface area (Å²) in [7, 11) is -3.52. The Balaban J connectivity index is 2.30. The fourth-order valence-electron chi connectivity index (χ4n) is 2.20. The molecule has 0 aromatic heterocycles. The zero-order chi connectivity index (χ0) is 14.3. The van der Waals surface area contributed by atoms with Gasteiger partial charge in [0.15, 0.2) is 0 Å². The molecule has 2 rings (SSSR count). The fraction of sp³-hybridized carbons (Fsp3) is 0.571. The van der Waals surface area contributed by atoms with E-state index in [9.17, 15) is 8.42 Å². The number of rotatable bonds is 4. The molecule has 1 N–H and O–H groups in total. The molecule has 0 heterocycles. The Bertz CT molecular complexity index is 579. The standard InChI is InChI=1S/C14H20ClNO2S/c1-10(15)14(2,3)16-19(17,18)13-8-7-11-5-4-6-12(11)9-13/h7-10,16H,4-6H2,1-3H3. The van der Waals surface area contributed by atoms with Gasteiger partial charge in [-0.15, -0.1) is 11.6 Å². The van der Waals surface area contributed by atoms with Crippen molar-refractivity contribution in [2.24, 2.45) is 0 Å². The summed E-state index contributed by atoms with van der Waals surface area (Å²) >= 11 is 6.03. The van der Waals surface area contributed by atoms with Gasteiger partial charge in [-0.05, 0) is 63.3 Å². The van der Waals surface area contributed by atoms with Gasteiger partial charge in [0, 0.05) is 10.9 Å². The lowest BCUT2D eigenvalue weighted by Crippen LogP contribution is -2.48. The van der Waals surface area contributed by atoms with E-state index in [2.05, 4.69) is 4.72 Å². The van der Waals surface area contributed by atoms with Gasteiger partial charge >= 0.3 is 0 Å². The van der Waals surface area contributed by atoms with Crippen LogP contribution in [0.4, 0.5) is 0 Å². The lowest BCUT2D eigenvalue weighted by atomic mass is 10.0. The Hall–Kier alpha value is -0.580. The van der Waals surface area contributed by atoms with Crippen LogP contribution in [0.3, 0.4) is 0 Å². The minimum absolute atomic E-state index is 0.295. The van der Waals surface area contributed by atoms with E-state index in [1.807, 2.05) is 6.07 Å². The number of fused-ring (bicyclic) bond motifs is 1. The molecule has 0 spiro atoms. The minimum Gasteiger partial charge on any atom is -0.207 e. The van der Waals surface area contributed by atoms with Crippen molar-refractivity contribution in [3.63, 3.8) is 0 Å². The predicted octanol–water partition coefficient (Wildman–Crippen LogP) is 2.86. The highest BCUT2D eigenvalue weighted by Crippen LogP contribution is 2.26. The molecular formula is C14H20ClNO2S. The molecule has 0 amide bonds. The SMILES string of the molecule is CC(Cl)C(C)(C)NS(=O)(=O)c1ccc2c(c1)CCC2. The van der Waals surface area contributed by atoms with Crippen LogP contribution in [-0.2, 0) is 22.9 Å². The molecule has 0 aliphatic heterocycles. The lowest BCUT2D eigenvalue weighted by molar-refractivity contribution is 0.445. The second kappa shape index (κ2) is 5.08. The number of benzene rings is 1. The molecule has 0 radical (unpaired) electrons. The van der Waals surface area contributed by atoms with E-state index in [4.69, 9.17) is 11.6 Å². The van der Waals surface area contributed by atoms with Gasteiger partial charge in [-0.25, -0.2) is 13.1 Å². The maximum atomic E-state index is 12.4. The van der Waals surface area contributed by atoms with E-state index >= 15 is 0 Å². The smallest absolute Gasteiger partial charge is 0.207 e. The third kappa shape index (κ3) is 3.12. The fourth-order valence-corrected chi connectivity index (χ4v) is 3.85. The summed E-state index contributed by atoms with van der Waals surface area (Å²) in [5, 5.41) is -0.295. The molecule has 19 heavy (non-hydrogen) atoms. The summed E-state index contributed by atoms with van der Waals surface area (Å²) < 4.78 is 27.4.